The van der Waals surface area contributed by atoms with Gasteiger partial charge >= 0.3 is 0 Å². The van der Waals surface area contributed by atoms with E-state index in [-0.39, 0.29) is 0 Å². The monoisotopic (exact) mass is 301 g/mol. The minimum Gasteiger partial charge on any atom is -0.310 e. The first-order valence-electron chi connectivity index (χ1n) is 7.71. The summed E-state index contributed by atoms with van der Waals surface area (Å²) in [5.74, 6) is 0.685. The lowest BCUT2D eigenvalue weighted by Crippen LogP contribution is -2.21. The number of hydrogen-bond acceptors (Lipinski definition) is 4. The smallest absolute Gasteiger partial charge is 0.142 e. The van der Waals surface area contributed by atoms with Crippen LogP contribution in [0.3, 0.4) is 0 Å². The Hall–Kier alpha value is -1.26. The molecule has 4 heteroatoms. The highest BCUT2D eigenvalue weighted by molar-refractivity contribution is 7.15. The molecule has 0 saturated heterocycles. The van der Waals surface area contributed by atoms with Gasteiger partial charge in [-0.25, -0.2) is 4.98 Å². The van der Waals surface area contributed by atoms with Crippen LogP contribution < -0.4 is 5.32 Å². The molecule has 2 aromatic rings. The summed E-state index contributed by atoms with van der Waals surface area (Å²) < 4.78 is 0. The highest BCUT2D eigenvalue weighted by atomic mass is 32.1. The average Bonchev–Trinajstić information content (AvgIpc) is 3.17. The molecule has 0 atom stereocenters. The molecule has 3 rings (SSSR count). The van der Waals surface area contributed by atoms with Crippen molar-refractivity contribution in [1.82, 2.24) is 15.3 Å². The fraction of sp³-hybridized carbons (Fsp3) is 0.529. The first kappa shape index (κ1) is 14.7. The second-order valence-corrected chi connectivity index (χ2v) is 7.40. The lowest BCUT2D eigenvalue weighted by atomic mass is 10.2. The molecule has 1 aliphatic rings. The van der Waals surface area contributed by atoms with Crippen molar-refractivity contribution in [1.29, 1.82) is 0 Å². The molecule has 0 amide bonds. The lowest BCUT2D eigenvalue weighted by Gasteiger charge is -2.07. The molecule has 21 heavy (non-hydrogen) atoms. The first-order valence-corrected chi connectivity index (χ1v) is 8.53. The lowest BCUT2D eigenvalue weighted by molar-refractivity contribution is 0.590. The Kier molecular flexibility index (Phi) is 4.09. The molecule has 0 unspecified atom stereocenters. The van der Waals surface area contributed by atoms with Gasteiger partial charge in [0.25, 0.3) is 0 Å². The number of nitrogens with one attached hydrogen (secondary N) is 1. The zero-order valence-electron chi connectivity index (χ0n) is 13.2. The molecule has 1 fully saturated rings. The van der Waals surface area contributed by atoms with E-state index in [2.05, 4.69) is 44.1 Å². The van der Waals surface area contributed by atoms with Crippen molar-refractivity contribution in [3.8, 4) is 10.7 Å². The minimum atomic E-state index is 0.502. The molecule has 1 N–H and O–H groups in total. The molecular formula is C17H23N3S. The third kappa shape index (κ3) is 3.33. The van der Waals surface area contributed by atoms with Crippen LogP contribution in [0.25, 0.3) is 10.7 Å². The van der Waals surface area contributed by atoms with Crippen molar-refractivity contribution in [2.45, 2.75) is 59.0 Å². The molecule has 0 spiro atoms. The van der Waals surface area contributed by atoms with Crippen LogP contribution in [-0.4, -0.2) is 16.0 Å². The normalized spacial score (nSPS) is 14.9. The van der Waals surface area contributed by atoms with Gasteiger partial charge in [0.2, 0.25) is 0 Å². The van der Waals surface area contributed by atoms with Crippen LogP contribution in [0.4, 0.5) is 0 Å². The van der Waals surface area contributed by atoms with Crippen molar-refractivity contribution >= 4 is 11.3 Å². The zero-order chi connectivity index (χ0) is 15.0. The Labute approximate surface area is 130 Å². The van der Waals surface area contributed by atoms with Crippen LogP contribution in [-0.2, 0) is 6.54 Å². The van der Waals surface area contributed by atoms with E-state index in [0.29, 0.717) is 12.0 Å². The van der Waals surface area contributed by atoms with Gasteiger partial charge in [0.05, 0.1) is 5.69 Å². The molecular weight excluding hydrogens is 278 g/mol. The summed E-state index contributed by atoms with van der Waals surface area (Å²) in [6.07, 6.45) is 4.52. The van der Waals surface area contributed by atoms with Crippen LogP contribution in [0.15, 0.2) is 12.3 Å². The topological polar surface area (TPSA) is 37.8 Å². The van der Waals surface area contributed by atoms with Crippen LogP contribution in [0.2, 0.25) is 0 Å². The van der Waals surface area contributed by atoms with Crippen molar-refractivity contribution < 1.29 is 0 Å². The molecule has 112 valence electrons. The number of aryl methyl sites for hydroxylation is 2. The summed E-state index contributed by atoms with van der Waals surface area (Å²) in [4.78, 5) is 10.9. The Morgan fingerprint density at radius 2 is 2.10 bits per heavy atom. The summed E-state index contributed by atoms with van der Waals surface area (Å²) in [5, 5.41) is 4.60. The first-order chi connectivity index (χ1) is 10.0. The number of thiazole rings is 1. The summed E-state index contributed by atoms with van der Waals surface area (Å²) >= 11 is 1.81. The largest absolute Gasteiger partial charge is 0.310 e. The van der Waals surface area contributed by atoms with E-state index in [4.69, 9.17) is 4.98 Å². The van der Waals surface area contributed by atoms with Crippen molar-refractivity contribution in [2.24, 2.45) is 0 Å². The second kappa shape index (κ2) is 5.85. The van der Waals surface area contributed by atoms with Gasteiger partial charge in [-0.1, -0.05) is 19.9 Å². The Morgan fingerprint density at radius 1 is 1.33 bits per heavy atom. The van der Waals surface area contributed by atoms with Gasteiger partial charge in [-0.2, -0.15) is 0 Å². The zero-order valence-corrected chi connectivity index (χ0v) is 14.0. The quantitative estimate of drug-likeness (QED) is 0.899. The predicted molar refractivity (Wildman–Crippen MR) is 88.8 cm³/mol. The Balaban J connectivity index is 1.93. The fourth-order valence-electron chi connectivity index (χ4n) is 2.50. The van der Waals surface area contributed by atoms with Gasteiger partial charge in [-0.3, -0.25) is 4.98 Å². The number of pyridine rings is 1. The molecule has 2 heterocycles. The molecule has 0 radical (unpaired) electrons. The summed E-state index contributed by atoms with van der Waals surface area (Å²) in [5.41, 5.74) is 4.78. The molecule has 0 bridgehead atoms. The molecule has 1 aliphatic carbocycles. The van der Waals surface area contributed by atoms with Gasteiger partial charge in [0.1, 0.15) is 10.7 Å². The molecule has 0 aliphatic heterocycles. The maximum absolute atomic E-state index is 4.93. The van der Waals surface area contributed by atoms with E-state index in [1.165, 1.54) is 34.5 Å². The maximum atomic E-state index is 4.93. The number of rotatable bonds is 5. The third-order valence-corrected chi connectivity index (χ3v) is 4.86. The van der Waals surface area contributed by atoms with Gasteiger partial charge < -0.3 is 5.32 Å². The number of hydrogen-bond donors (Lipinski definition) is 1. The molecule has 0 aromatic carbocycles. The van der Waals surface area contributed by atoms with Crippen LogP contribution in [0.5, 0.6) is 0 Å². The molecule has 3 nitrogen and oxygen atoms in total. The van der Waals surface area contributed by atoms with Crippen molar-refractivity contribution in [3.05, 3.63) is 34.0 Å². The van der Waals surface area contributed by atoms with Crippen LogP contribution in [0, 0.1) is 13.8 Å². The van der Waals surface area contributed by atoms with Crippen LogP contribution in [0.1, 0.15) is 54.3 Å². The molecule has 1 saturated carbocycles. The fourth-order valence-corrected chi connectivity index (χ4v) is 3.66. The van der Waals surface area contributed by atoms with E-state index in [1.807, 2.05) is 6.20 Å². The Morgan fingerprint density at radius 3 is 2.71 bits per heavy atom. The predicted octanol–water partition coefficient (Wildman–Crippen LogP) is 4.20. The molecule has 2 aromatic heterocycles. The highest BCUT2D eigenvalue weighted by Gasteiger charge is 2.30. The van der Waals surface area contributed by atoms with Crippen molar-refractivity contribution in [2.75, 3.05) is 0 Å². The van der Waals surface area contributed by atoms with Crippen LogP contribution >= 0.6 is 11.3 Å². The van der Waals surface area contributed by atoms with Gasteiger partial charge in [0.15, 0.2) is 0 Å². The minimum absolute atomic E-state index is 0.502. The highest BCUT2D eigenvalue weighted by Crippen LogP contribution is 2.44. The average molecular weight is 301 g/mol. The van der Waals surface area contributed by atoms with E-state index in [9.17, 15) is 0 Å². The van der Waals surface area contributed by atoms with E-state index < -0.39 is 0 Å². The SMILES string of the molecule is Cc1cnc(-c2nc(C3CC3)c(CNC(C)C)s2)c(C)c1. The third-order valence-electron chi connectivity index (χ3n) is 3.78. The van der Waals surface area contributed by atoms with E-state index in [0.717, 1.165) is 17.2 Å². The van der Waals surface area contributed by atoms with E-state index >= 15 is 0 Å². The summed E-state index contributed by atoms with van der Waals surface area (Å²) in [6.45, 7) is 9.50. The summed E-state index contributed by atoms with van der Waals surface area (Å²) in [7, 11) is 0. The van der Waals surface area contributed by atoms with Gasteiger partial charge in [-0.15, -0.1) is 11.3 Å². The number of nitrogens with zero attached hydrogens (tertiary/aromatic N) is 2. The summed E-state index contributed by atoms with van der Waals surface area (Å²) in [6, 6.07) is 2.69. The van der Waals surface area contributed by atoms with Gasteiger partial charge in [0, 0.05) is 29.6 Å². The van der Waals surface area contributed by atoms with Gasteiger partial charge in [-0.05, 0) is 37.8 Å². The second-order valence-electron chi connectivity index (χ2n) is 6.32. The Bertz CT molecular complexity index is 641. The van der Waals surface area contributed by atoms with Crippen molar-refractivity contribution in [3.63, 3.8) is 0 Å². The standard InChI is InChI=1S/C17H23N3S/c1-10(2)18-9-14-16(13-5-6-13)20-17(21-14)15-12(4)7-11(3)8-19-15/h7-8,10,13,18H,5-6,9H2,1-4H3. The number of aromatic nitrogens is 2. The van der Waals surface area contributed by atoms with E-state index in [1.54, 1.807) is 11.3 Å². The maximum Gasteiger partial charge on any atom is 0.142 e.